The standard InChI is InChI=1S/C8H10N2O/c9-7-6(11)4-5-2-1-3-10-8(5)7/h1-3,6-7,11H,4,9H2/t6-,7+/m1/s1. The van der Waals surface area contributed by atoms with Crippen molar-refractivity contribution in [2.24, 2.45) is 5.73 Å². The molecule has 0 amide bonds. The van der Waals surface area contributed by atoms with Gasteiger partial charge in [0.2, 0.25) is 0 Å². The third-order valence-electron chi connectivity index (χ3n) is 2.09. The summed E-state index contributed by atoms with van der Waals surface area (Å²) >= 11 is 0. The molecule has 0 fully saturated rings. The highest BCUT2D eigenvalue weighted by atomic mass is 16.3. The van der Waals surface area contributed by atoms with Gasteiger partial charge in [0.25, 0.3) is 0 Å². The van der Waals surface area contributed by atoms with Crippen LogP contribution in [0.1, 0.15) is 17.3 Å². The molecule has 3 N–H and O–H groups in total. The molecule has 2 rings (SSSR count). The van der Waals surface area contributed by atoms with Crippen molar-refractivity contribution < 1.29 is 5.11 Å². The van der Waals surface area contributed by atoms with Crippen LogP contribution < -0.4 is 5.73 Å². The molecule has 0 radical (unpaired) electrons. The summed E-state index contributed by atoms with van der Waals surface area (Å²) in [6, 6.07) is 3.54. The molecule has 1 aromatic heterocycles. The van der Waals surface area contributed by atoms with Gasteiger partial charge in [-0.15, -0.1) is 0 Å². The molecule has 1 aliphatic rings. The summed E-state index contributed by atoms with van der Waals surface area (Å²) in [5, 5.41) is 9.35. The predicted octanol–water partition coefficient (Wildman–Crippen LogP) is -0.00160. The maximum absolute atomic E-state index is 9.35. The number of pyridine rings is 1. The second-order valence-electron chi connectivity index (χ2n) is 2.85. The normalized spacial score (nSPS) is 28.5. The fourth-order valence-corrected chi connectivity index (χ4v) is 1.46. The molecule has 1 aromatic rings. The zero-order valence-corrected chi connectivity index (χ0v) is 6.07. The number of hydrogen-bond acceptors (Lipinski definition) is 3. The summed E-state index contributed by atoms with van der Waals surface area (Å²) in [4.78, 5) is 4.11. The Labute approximate surface area is 64.9 Å². The molecule has 0 unspecified atom stereocenters. The van der Waals surface area contributed by atoms with Gasteiger partial charge in [0, 0.05) is 12.6 Å². The third-order valence-corrected chi connectivity index (χ3v) is 2.09. The van der Waals surface area contributed by atoms with Gasteiger partial charge < -0.3 is 10.8 Å². The van der Waals surface area contributed by atoms with Crippen LogP contribution in [-0.4, -0.2) is 16.2 Å². The summed E-state index contributed by atoms with van der Waals surface area (Å²) in [6.45, 7) is 0. The highest BCUT2D eigenvalue weighted by Gasteiger charge is 2.28. The largest absolute Gasteiger partial charge is 0.391 e. The van der Waals surface area contributed by atoms with E-state index in [1.807, 2.05) is 12.1 Å². The van der Waals surface area contributed by atoms with E-state index in [1.54, 1.807) is 6.20 Å². The average Bonchev–Trinajstić information content (AvgIpc) is 2.30. The molecular formula is C8H10N2O. The van der Waals surface area contributed by atoms with Gasteiger partial charge in [-0.05, 0) is 11.6 Å². The van der Waals surface area contributed by atoms with Crippen molar-refractivity contribution in [3.05, 3.63) is 29.6 Å². The van der Waals surface area contributed by atoms with Crippen LogP contribution in [-0.2, 0) is 6.42 Å². The predicted molar refractivity (Wildman–Crippen MR) is 40.9 cm³/mol. The van der Waals surface area contributed by atoms with E-state index in [4.69, 9.17) is 5.73 Å². The van der Waals surface area contributed by atoms with Gasteiger partial charge in [0.1, 0.15) is 0 Å². The Morgan fingerprint density at radius 1 is 1.64 bits per heavy atom. The number of nitrogens with zero attached hydrogens (tertiary/aromatic N) is 1. The van der Waals surface area contributed by atoms with Gasteiger partial charge in [-0.25, -0.2) is 0 Å². The number of fused-ring (bicyclic) bond motifs is 1. The smallest absolute Gasteiger partial charge is 0.0789 e. The fraction of sp³-hybridized carbons (Fsp3) is 0.375. The Hall–Kier alpha value is -0.930. The highest BCUT2D eigenvalue weighted by molar-refractivity contribution is 5.29. The molecule has 58 valence electrons. The lowest BCUT2D eigenvalue weighted by molar-refractivity contribution is 0.157. The van der Waals surface area contributed by atoms with E-state index in [0.29, 0.717) is 6.42 Å². The van der Waals surface area contributed by atoms with E-state index in [2.05, 4.69) is 4.98 Å². The molecule has 3 heteroatoms. The summed E-state index contributed by atoms with van der Waals surface area (Å²) < 4.78 is 0. The summed E-state index contributed by atoms with van der Waals surface area (Å²) in [5.74, 6) is 0. The minimum Gasteiger partial charge on any atom is -0.391 e. The summed E-state index contributed by atoms with van der Waals surface area (Å²) in [6.07, 6.45) is 1.90. The molecule has 1 aliphatic carbocycles. The van der Waals surface area contributed by atoms with E-state index in [-0.39, 0.29) is 6.04 Å². The molecule has 0 aliphatic heterocycles. The Morgan fingerprint density at radius 2 is 2.45 bits per heavy atom. The Morgan fingerprint density at radius 3 is 3.18 bits per heavy atom. The van der Waals surface area contributed by atoms with Gasteiger partial charge in [0.05, 0.1) is 17.8 Å². The van der Waals surface area contributed by atoms with Crippen LogP contribution >= 0.6 is 0 Å². The number of aliphatic hydroxyl groups is 1. The van der Waals surface area contributed by atoms with E-state index < -0.39 is 6.10 Å². The van der Waals surface area contributed by atoms with Crippen LogP contribution in [0.25, 0.3) is 0 Å². The van der Waals surface area contributed by atoms with Crippen molar-refractivity contribution in [1.29, 1.82) is 0 Å². The Kier molecular flexibility index (Phi) is 1.41. The van der Waals surface area contributed by atoms with Crippen molar-refractivity contribution in [3.8, 4) is 0 Å². The van der Waals surface area contributed by atoms with Crippen LogP contribution in [0.4, 0.5) is 0 Å². The topological polar surface area (TPSA) is 59.1 Å². The first-order valence-corrected chi connectivity index (χ1v) is 3.66. The first-order chi connectivity index (χ1) is 5.29. The number of hydrogen-bond donors (Lipinski definition) is 2. The lowest BCUT2D eigenvalue weighted by Crippen LogP contribution is -2.21. The van der Waals surface area contributed by atoms with Crippen LogP contribution in [0, 0.1) is 0 Å². The van der Waals surface area contributed by atoms with Gasteiger partial charge in [-0.2, -0.15) is 0 Å². The lowest BCUT2D eigenvalue weighted by Gasteiger charge is -2.06. The Balaban J connectivity index is 2.47. The van der Waals surface area contributed by atoms with Crippen LogP contribution in [0.5, 0.6) is 0 Å². The number of rotatable bonds is 0. The van der Waals surface area contributed by atoms with Crippen molar-refractivity contribution >= 4 is 0 Å². The van der Waals surface area contributed by atoms with E-state index in [1.165, 1.54) is 0 Å². The van der Waals surface area contributed by atoms with Crippen molar-refractivity contribution in [2.45, 2.75) is 18.6 Å². The maximum atomic E-state index is 9.35. The van der Waals surface area contributed by atoms with Crippen molar-refractivity contribution in [2.75, 3.05) is 0 Å². The number of aromatic nitrogens is 1. The molecule has 0 saturated heterocycles. The molecular weight excluding hydrogens is 140 g/mol. The average molecular weight is 150 g/mol. The summed E-state index contributed by atoms with van der Waals surface area (Å²) in [5.41, 5.74) is 7.60. The third kappa shape index (κ3) is 0.931. The molecule has 11 heavy (non-hydrogen) atoms. The molecule has 1 heterocycles. The van der Waals surface area contributed by atoms with E-state index in [0.717, 1.165) is 11.3 Å². The zero-order chi connectivity index (χ0) is 7.84. The molecule has 0 aromatic carbocycles. The first-order valence-electron chi connectivity index (χ1n) is 3.66. The highest BCUT2D eigenvalue weighted by Crippen LogP contribution is 2.26. The lowest BCUT2D eigenvalue weighted by atomic mass is 10.2. The molecule has 0 spiro atoms. The summed E-state index contributed by atoms with van der Waals surface area (Å²) in [7, 11) is 0. The van der Waals surface area contributed by atoms with Gasteiger partial charge in [-0.1, -0.05) is 6.07 Å². The van der Waals surface area contributed by atoms with Crippen LogP contribution in [0.15, 0.2) is 18.3 Å². The second-order valence-corrected chi connectivity index (χ2v) is 2.85. The van der Waals surface area contributed by atoms with Gasteiger partial charge >= 0.3 is 0 Å². The molecule has 3 nitrogen and oxygen atoms in total. The minimum atomic E-state index is -0.445. The monoisotopic (exact) mass is 150 g/mol. The minimum absolute atomic E-state index is 0.286. The molecule has 2 atom stereocenters. The molecule has 0 bridgehead atoms. The fourth-order valence-electron chi connectivity index (χ4n) is 1.46. The zero-order valence-electron chi connectivity index (χ0n) is 6.07. The number of nitrogens with two attached hydrogens (primary N) is 1. The van der Waals surface area contributed by atoms with E-state index in [9.17, 15) is 5.11 Å². The van der Waals surface area contributed by atoms with Crippen molar-refractivity contribution in [3.63, 3.8) is 0 Å². The van der Waals surface area contributed by atoms with Gasteiger partial charge in [-0.3, -0.25) is 4.98 Å². The van der Waals surface area contributed by atoms with E-state index >= 15 is 0 Å². The second kappa shape index (κ2) is 2.29. The quantitative estimate of drug-likeness (QED) is 0.547. The Bertz CT molecular complexity index is 275. The maximum Gasteiger partial charge on any atom is 0.0789 e. The van der Waals surface area contributed by atoms with Crippen LogP contribution in [0.3, 0.4) is 0 Å². The SMILES string of the molecule is N[C@@H]1c2ncccc2C[C@H]1O. The van der Waals surface area contributed by atoms with Crippen LogP contribution in [0.2, 0.25) is 0 Å². The molecule has 0 saturated carbocycles. The van der Waals surface area contributed by atoms with Gasteiger partial charge in [0.15, 0.2) is 0 Å². The van der Waals surface area contributed by atoms with Crippen molar-refractivity contribution in [1.82, 2.24) is 4.98 Å². The first kappa shape index (κ1) is 6.76. The number of aliphatic hydroxyl groups excluding tert-OH is 1.